The summed E-state index contributed by atoms with van der Waals surface area (Å²) in [6.07, 6.45) is 6.79. The Bertz CT molecular complexity index is 1340. The summed E-state index contributed by atoms with van der Waals surface area (Å²) in [5.41, 5.74) is 4.08. The number of anilines is 1. The average Bonchev–Trinajstić information content (AvgIpc) is 3.48. The molecule has 0 spiro atoms. The number of allylic oxidation sites excluding steroid dienone is 2. The Morgan fingerprint density at radius 3 is 2.32 bits per heavy atom. The molecule has 0 aliphatic heterocycles. The molecule has 2 heterocycles. The molecule has 6 rings (SSSR count). The van der Waals surface area contributed by atoms with E-state index in [9.17, 15) is 15.0 Å². The summed E-state index contributed by atoms with van der Waals surface area (Å²) in [5.74, 6) is 0.208. The second kappa shape index (κ2) is 6.47. The van der Waals surface area contributed by atoms with Crippen molar-refractivity contribution in [3.63, 3.8) is 0 Å². The van der Waals surface area contributed by atoms with Crippen LogP contribution in [0.5, 0.6) is 11.8 Å². The second-order valence-electron chi connectivity index (χ2n) is 8.03. The molecule has 2 unspecified atom stereocenters. The molecular formula is C25H19N3O3. The van der Waals surface area contributed by atoms with E-state index in [1.165, 1.54) is 4.57 Å². The molecule has 2 atom stereocenters. The number of hydrogen-bond acceptors (Lipinski definition) is 4. The Morgan fingerprint density at radius 2 is 1.61 bits per heavy atom. The van der Waals surface area contributed by atoms with Gasteiger partial charge in [0.2, 0.25) is 11.8 Å². The van der Waals surface area contributed by atoms with Gasteiger partial charge in [0.15, 0.2) is 0 Å². The van der Waals surface area contributed by atoms with Crippen LogP contribution in [0.25, 0.3) is 16.6 Å². The molecule has 2 aromatic heterocycles. The van der Waals surface area contributed by atoms with Crippen molar-refractivity contribution in [1.82, 2.24) is 9.55 Å². The zero-order valence-electron chi connectivity index (χ0n) is 16.5. The summed E-state index contributed by atoms with van der Waals surface area (Å²) in [7, 11) is 0. The third-order valence-electron chi connectivity index (χ3n) is 6.29. The summed E-state index contributed by atoms with van der Waals surface area (Å²) in [5, 5.41) is 25.4. The monoisotopic (exact) mass is 409 g/mol. The molecule has 0 radical (unpaired) electrons. The Labute approximate surface area is 178 Å². The fourth-order valence-electron chi connectivity index (χ4n) is 4.85. The second-order valence-corrected chi connectivity index (χ2v) is 8.03. The maximum atomic E-state index is 12.8. The quantitative estimate of drug-likeness (QED) is 0.423. The molecule has 1 amide bonds. The van der Waals surface area contributed by atoms with E-state index in [4.69, 9.17) is 0 Å². The Morgan fingerprint density at radius 1 is 0.935 bits per heavy atom. The lowest BCUT2D eigenvalue weighted by molar-refractivity contribution is 0.102. The molecule has 3 N–H and O–H groups in total. The summed E-state index contributed by atoms with van der Waals surface area (Å²) >= 11 is 0. The number of aromatic hydroxyl groups is 2. The number of para-hydroxylation sites is 1. The maximum Gasteiger partial charge on any atom is 0.255 e. The van der Waals surface area contributed by atoms with Gasteiger partial charge in [0.05, 0.1) is 16.9 Å². The van der Waals surface area contributed by atoms with Crippen molar-refractivity contribution in [3.05, 3.63) is 89.6 Å². The lowest BCUT2D eigenvalue weighted by Crippen LogP contribution is -2.12. The third kappa shape index (κ3) is 2.58. The standard InChI is InChI=1S/C25H19N3O3/c29-23(27-19-5-1-3-14-4-2-12-26-22(14)19)15-8-10-18(11-9-15)28-24(30)20-16-6-7-17(13-16)21(20)25(28)31/h1-12,16-17,30-31H,13H2,(H,27,29). The topological polar surface area (TPSA) is 87.4 Å². The van der Waals surface area contributed by atoms with Crippen LogP contribution in [0.4, 0.5) is 5.69 Å². The lowest BCUT2D eigenvalue weighted by atomic mass is 10.0. The van der Waals surface area contributed by atoms with Gasteiger partial charge >= 0.3 is 0 Å². The minimum atomic E-state index is -0.254. The predicted octanol–water partition coefficient (Wildman–Crippen LogP) is 4.83. The van der Waals surface area contributed by atoms with Crippen LogP contribution in [0.1, 0.15) is 39.7 Å². The molecule has 31 heavy (non-hydrogen) atoms. The zero-order valence-corrected chi connectivity index (χ0v) is 16.5. The molecule has 2 aliphatic carbocycles. The van der Waals surface area contributed by atoms with E-state index in [1.807, 2.05) is 30.3 Å². The number of fused-ring (bicyclic) bond motifs is 6. The summed E-state index contributed by atoms with van der Waals surface area (Å²) in [6, 6.07) is 16.3. The molecule has 6 nitrogen and oxygen atoms in total. The van der Waals surface area contributed by atoms with Crippen LogP contribution in [-0.2, 0) is 0 Å². The highest BCUT2D eigenvalue weighted by Gasteiger charge is 2.41. The molecule has 6 heteroatoms. The highest BCUT2D eigenvalue weighted by molar-refractivity contribution is 6.08. The highest BCUT2D eigenvalue weighted by Crippen LogP contribution is 2.57. The number of pyridine rings is 1. The van der Waals surface area contributed by atoms with E-state index < -0.39 is 0 Å². The summed E-state index contributed by atoms with van der Waals surface area (Å²) in [6.45, 7) is 0. The van der Waals surface area contributed by atoms with Crippen molar-refractivity contribution in [2.24, 2.45) is 0 Å². The molecule has 2 aromatic carbocycles. The number of amides is 1. The van der Waals surface area contributed by atoms with Crippen LogP contribution in [0.15, 0.2) is 72.9 Å². The van der Waals surface area contributed by atoms with E-state index in [0.29, 0.717) is 16.9 Å². The van der Waals surface area contributed by atoms with Gasteiger partial charge in [-0.1, -0.05) is 30.4 Å². The zero-order chi connectivity index (χ0) is 21.1. The van der Waals surface area contributed by atoms with Crippen LogP contribution < -0.4 is 5.32 Å². The van der Waals surface area contributed by atoms with Crippen LogP contribution in [0.2, 0.25) is 0 Å². The van der Waals surface area contributed by atoms with Crippen LogP contribution >= 0.6 is 0 Å². The first-order chi connectivity index (χ1) is 15.1. The van der Waals surface area contributed by atoms with E-state index in [1.54, 1.807) is 30.5 Å². The number of hydrogen-bond donors (Lipinski definition) is 3. The van der Waals surface area contributed by atoms with Crippen LogP contribution in [0.3, 0.4) is 0 Å². The Balaban J connectivity index is 1.30. The Hall–Kier alpha value is -4.06. The molecule has 2 bridgehead atoms. The van der Waals surface area contributed by atoms with Gasteiger partial charge in [0, 0.05) is 40.1 Å². The van der Waals surface area contributed by atoms with Crippen LogP contribution in [0, 0.1) is 0 Å². The first kappa shape index (κ1) is 17.8. The van der Waals surface area contributed by atoms with Gasteiger partial charge < -0.3 is 15.5 Å². The van der Waals surface area contributed by atoms with Crippen molar-refractivity contribution < 1.29 is 15.0 Å². The highest BCUT2D eigenvalue weighted by atomic mass is 16.3. The van der Waals surface area contributed by atoms with Crippen molar-refractivity contribution in [2.45, 2.75) is 18.3 Å². The van der Waals surface area contributed by atoms with Crippen LogP contribution in [-0.4, -0.2) is 25.7 Å². The normalized spacial score (nSPS) is 18.5. The SMILES string of the molecule is O=C(Nc1cccc2cccnc12)c1ccc(-n2c(O)c3c(c2O)C2C=CC3C2)cc1. The van der Waals surface area contributed by atoms with Crippen molar-refractivity contribution >= 4 is 22.5 Å². The summed E-state index contributed by atoms with van der Waals surface area (Å²) in [4.78, 5) is 17.2. The summed E-state index contributed by atoms with van der Waals surface area (Å²) < 4.78 is 1.45. The van der Waals surface area contributed by atoms with E-state index in [2.05, 4.69) is 22.5 Å². The van der Waals surface area contributed by atoms with Crippen molar-refractivity contribution in [2.75, 3.05) is 5.32 Å². The van der Waals surface area contributed by atoms with E-state index in [0.717, 1.165) is 28.5 Å². The molecule has 0 saturated heterocycles. The van der Waals surface area contributed by atoms with Gasteiger partial charge in [-0.3, -0.25) is 14.3 Å². The van der Waals surface area contributed by atoms with Gasteiger partial charge in [0.25, 0.3) is 5.91 Å². The van der Waals surface area contributed by atoms with Gasteiger partial charge in [-0.05, 0) is 42.8 Å². The number of benzene rings is 2. The largest absolute Gasteiger partial charge is 0.494 e. The van der Waals surface area contributed by atoms with Crippen molar-refractivity contribution in [1.29, 1.82) is 0 Å². The van der Waals surface area contributed by atoms with Gasteiger partial charge in [-0.15, -0.1) is 0 Å². The fourth-order valence-corrected chi connectivity index (χ4v) is 4.85. The van der Waals surface area contributed by atoms with Gasteiger partial charge in [-0.2, -0.15) is 0 Å². The van der Waals surface area contributed by atoms with E-state index >= 15 is 0 Å². The molecule has 0 fully saturated rings. The number of carbonyl (C=O) groups excluding carboxylic acids is 1. The fraction of sp³-hybridized carbons (Fsp3) is 0.120. The number of nitrogens with zero attached hydrogens (tertiary/aromatic N) is 2. The van der Waals surface area contributed by atoms with Gasteiger partial charge in [0.1, 0.15) is 0 Å². The average molecular weight is 409 g/mol. The smallest absolute Gasteiger partial charge is 0.255 e. The molecular weight excluding hydrogens is 390 g/mol. The minimum Gasteiger partial charge on any atom is -0.494 e. The number of carbonyl (C=O) groups is 1. The van der Waals surface area contributed by atoms with Gasteiger partial charge in [-0.25, -0.2) is 0 Å². The molecule has 4 aromatic rings. The first-order valence-electron chi connectivity index (χ1n) is 10.2. The number of aromatic nitrogens is 2. The minimum absolute atomic E-state index is 0.0726. The van der Waals surface area contributed by atoms with Crippen molar-refractivity contribution in [3.8, 4) is 17.4 Å². The Kier molecular flexibility index (Phi) is 3.71. The molecule has 152 valence electrons. The van der Waals surface area contributed by atoms with E-state index in [-0.39, 0.29) is 29.5 Å². The predicted molar refractivity (Wildman–Crippen MR) is 118 cm³/mol. The first-order valence-corrected chi connectivity index (χ1v) is 10.2. The lowest BCUT2D eigenvalue weighted by Gasteiger charge is -2.11. The molecule has 2 aliphatic rings. The maximum absolute atomic E-state index is 12.8. The number of nitrogens with one attached hydrogen (secondary N) is 1. The third-order valence-corrected chi connectivity index (χ3v) is 6.29. The number of rotatable bonds is 3. The molecule has 0 saturated carbocycles.